The van der Waals surface area contributed by atoms with Gasteiger partial charge in [-0.2, -0.15) is 0 Å². The number of anilines is 1. The fourth-order valence-corrected chi connectivity index (χ4v) is 4.67. The summed E-state index contributed by atoms with van der Waals surface area (Å²) < 4.78 is 13.0. The van der Waals surface area contributed by atoms with Gasteiger partial charge in [-0.3, -0.25) is 19.3 Å². The Hall–Kier alpha value is -2.61. The minimum atomic E-state index is -0.321. The molecule has 2 atom stereocenters. The highest BCUT2D eigenvalue weighted by molar-refractivity contribution is 7.14. The van der Waals surface area contributed by atoms with E-state index in [0.29, 0.717) is 10.8 Å². The van der Waals surface area contributed by atoms with Gasteiger partial charge in [-0.25, -0.2) is 9.37 Å². The Labute approximate surface area is 165 Å². The number of carbonyl (C=O) groups excluding carboxylic acids is 3. The quantitative estimate of drug-likeness (QED) is 0.779. The van der Waals surface area contributed by atoms with Gasteiger partial charge in [-0.05, 0) is 37.1 Å². The van der Waals surface area contributed by atoms with Crippen molar-refractivity contribution in [3.63, 3.8) is 0 Å². The van der Waals surface area contributed by atoms with Gasteiger partial charge in [0.15, 0.2) is 5.13 Å². The first kappa shape index (κ1) is 18.7. The van der Waals surface area contributed by atoms with Crippen LogP contribution in [0.3, 0.4) is 0 Å². The number of halogens is 1. The monoisotopic (exact) mass is 401 g/mol. The van der Waals surface area contributed by atoms with Gasteiger partial charge >= 0.3 is 0 Å². The van der Waals surface area contributed by atoms with E-state index in [-0.39, 0.29) is 48.3 Å². The van der Waals surface area contributed by atoms with Gasteiger partial charge in [-0.15, -0.1) is 11.3 Å². The molecule has 0 bridgehead atoms. The number of rotatable bonds is 5. The molecule has 28 heavy (non-hydrogen) atoms. The Morgan fingerprint density at radius 1 is 1.14 bits per heavy atom. The highest BCUT2D eigenvalue weighted by Gasteiger charge is 2.47. The molecular formula is C20H20FN3O3S. The Morgan fingerprint density at radius 2 is 1.79 bits per heavy atom. The fraction of sp³-hybridized carbons (Fsp3) is 0.400. The molecule has 2 aromatic rings. The number of imide groups is 1. The van der Waals surface area contributed by atoms with Crippen LogP contribution in [0.5, 0.6) is 0 Å². The molecule has 1 N–H and O–H groups in total. The van der Waals surface area contributed by atoms with Crippen molar-refractivity contribution < 1.29 is 18.8 Å². The van der Waals surface area contributed by atoms with E-state index in [9.17, 15) is 18.8 Å². The molecule has 2 unspecified atom stereocenters. The fourth-order valence-electron chi connectivity index (χ4n) is 3.93. The Morgan fingerprint density at radius 3 is 2.43 bits per heavy atom. The molecule has 4 rings (SSSR count). The lowest BCUT2D eigenvalue weighted by molar-refractivity contribution is -0.140. The predicted octanol–water partition coefficient (Wildman–Crippen LogP) is 3.45. The maximum Gasteiger partial charge on any atom is 0.233 e. The number of fused-ring (bicyclic) bond motifs is 1. The summed E-state index contributed by atoms with van der Waals surface area (Å²) in [6.45, 7) is 0.104. The second-order valence-electron chi connectivity index (χ2n) is 7.17. The third-order valence-corrected chi connectivity index (χ3v) is 6.14. The van der Waals surface area contributed by atoms with Crippen LogP contribution in [0, 0.1) is 17.7 Å². The molecule has 1 aromatic heterocycles. The van der Waals surface area contributed by atoms with E-state index >= 15 is 0 Å². The topological polar surface area (TPSA) is 79.4 Å². The third kappa shape index (κ3) is 3.69. The van der Waals surface area contributed by atoms with E-state index in [1.54, 1.807) is 17.5 Å². The van der Waals surface area contributed by atoms with E-state index < -0.39 is 0 Å². The molecule has 2 aliphatic rings. The number of amides is 3. The van der Waals surface area contributed by atoms with Gasteiger partial charge in [-0.1, -0.05) is 12.8 Å². The average Bonchev–Trinajstić information content (AvgIpc) is 3.25. The molecule has 1 saturated carbocycles. The number of benzene rings is 1. The molecule has 1 aromatic carbocycles. The van der Waals surface area contributed by atoms with Crippen LogP contribution in [-0.4, -0.2) is 34.2 Å². The summed E-state index contributed by atoms with van der Waals surface area (Å²) in [5, 5.41) is 4.91. The molecule has 1 aliphatic carbocycles. The number of thiazole rings is 1. The lowest BCUT2D eigenvalue weighted by atomic mass is 9.81. The van der Waals surface area contributed by atoms with Gasteiger partial charge in [0.2, 0.25) is 17.7 Å². The summed E-state index contributed by atoms with van der Waals surface area (Å²) in [4.78, 5) is 42.7. The van der Waals surface area contributed by atoms with E-state index in [1.165, 1.54) is 28.4 Å². The molecular weight excluding hydrogens is 381 g/mol. The molecule has 8 heteroatoms. The summed E-state index contributed by atoms with van der Waals surface area (Å²) in [6.07, 6.45) is 3.54. The first-order valence-corrected chi connectivity index (χ1v) is 10.3. The van der Waals surface area contributed by atoms with E-state index in [4.69, 9.17) is 0 Å². The molecule has 1 saturated heterocycles. The van der Waals surface area contributed by atoms with Crippen LogP contribution >= 0.6 is 11.3 Å². The van der Waals surface area contributed by atoms with Crippen LogP contribution in [0.1, 0.15) is 32.1 Å². The molecule has 1 aliphatic heterocycles. The van der Waals surface area contributed by atoms with Crippen molar-refractivity contribution in [2.75, 3.05) is 11.9 Å². The Balaban J connectivity index is 1.33. The van der Waals surface area contributed by atoms with Crippen molar-refractivity contribution in [2.45, 2.75) is 32.1 Å². The minimum absolute atomic E-state index is 0.0440. The maximum atomic E-state index is 13.0. The normalized spacial score (nSPS) is 21.7. The summed E-state index contributed by atoms with van der Waals surface area (Å²) in [6, 6.07) is 5.96. The lowest BCUT2D eigenvalue weighted by Gasteiger charge is -2.19. The van der Waals surface area contributed by atoms with Crippen molar-refractivity contribution in [2.24, 2.45) is 11.8 Å². The summed E-state index contributed by atoms with van der Waals surface area (Å²) >= 11 is 1.27. The first-order valence-electron chi connectivity index (χ1n) is 9.39. The van der Waals surface area contributed by atoms with Gasteiger partial charge in [0, 0.05) is 23.9 Å². The molecule has 2 fully saturated rings. The van der Waals surface area contributed by atoms with Crippen molar-refractivity contribution in [1.82, 2.24) is 9.88 Å². The van der Waals surface area contributed by atoms with E-state index in [2.05, 4.69) is 10.3 Å². The summed E-state index contributed by atoms with van der Waals surface area (Å²) in [5.74, 6) is -1.26. The van der Waals surface area contributed by atoms with Gasteiger partial charge in [0.25, 0.3) is 0 Å². The highest BCUT2D eigenvalue weighted by atomic mass is 32.1. The second kappa shape index (κ2) is 7.79. The van der Waals surface area contributed by atoms with Crippen LogP contribution in [0.25, 0.3) is 11.3 Å². The van der Waals surface area contributed by atoms with E-state index in [1.807, 2.05) is 0 Å². The summed E-state index contributed by atoms with van der Waals surface area (Å²) in [5.41, 5.74) is 1.41. The lowest BCUT2D eigenvalue weighted by Crippen LogP contribution is -2.34. The smallest absolute Gasteiger partial charge is 0.233 e. The standard InChI is InChI=1S/C20H20FN3O3S/c21-13-7-5-12(6-8-13)16-11-28-20(22-16)23-17(25)9-10-24-18(26)14-3-1-2-4-15(14)19(24)27/h5-8,11,14-15H,1-4,9-10H2,(H,22,23,25). The van der Waals surface area contributed by atoms with Crippen molar-refractivity contribution >= 4 is 34.2 Å². The second-order valence-corrected chi connectivity index (χ2v) is 8.03. The summed E-state index contributed by atoms with van der Waals surface area (Å²) in [7, 11) is 0. The predicted molar refractivity (Wildman–Crippen MR) is 103 cm³/mol. The van der Waals surface area contributed by atoms with Crippen molar-refractivity contribution in [1.29, 1.82) is 0 Å². The van der Waals surface area contributed by atoms with Crippen LogP contribution in [0.2, 0.25) is 0 Å². The van der Waals surface area contributed by atoms with Crippen molar-refractivity contribution in [3.8, 4) is 11.3 Å². The van der Waals surface area contributed by atoms with Crippen LogP contribution < -0.4 is 5.32 Å². The Kier molecular flexibility index (Phi) is 5.21. The molecule has 146 valence electrons. The molecule has 0 radical (unpaired) electrons. The molecule has 0 spiro atoms. The zero-order chi connectivity index (χ0) is 19.7. The third-order valence-electron chi connectivity index (χ3n) is 5.39. The zero-order valence-corrected chi connectivity index (χ0v) is 16.0. The number of nitrogens with zero attached hydrogens (tertiary/aromatic N) is 2. The number of likely N-dealkylation sites (tertiary alicyclic amines) is 1. The molecule has 3 amide bonds. The average molecular weight is 401 g/mol. The number of hydrogen-bond donors (Lipinski definition) is 1. The number of aromatic nitrogens is 1. The van der Waals surface area contributed by atoms with Crippen LogP contribution in [0.15, 0.2) is 29.6 Å². The van der Waals surface area contributed by atoms with Crippen molar-refractivity contribution in [3.05, 3.63) is 35.5 Å². The van der Waals surface area contributed by atoms with Crippen LogP contribution in [-0.2, 0) is 14.4 Å². The Bertz CT molecular complexity index is 888. The molecule has 2 heterocycles. The van der Waals surface area contributed by atoms with Gasteiger partial charge < -0.3 is 5.32 Å². The van der Waals surface area contributed by atoms with Gasteiger partial charge in [0.05, 0.1) is 17.5 Å². The van der Waals surface area contributed by atoms with E-state index in [0.717, 1.165) is 31.2 Å². The number of nitrogens with one attached hydrogen (secondary N) is 1. The largest absolute Gasteiger partial charge is 0.302 e. The minimum Gasteiger partial charge on any atom is -0.302 e. The van der Waals surface area contributed by atoms with Gasteiger partial charge in [0.1, 0.15) is 5.82 Å². The number of carbonyl (C=O) groups is 3. The first-order chi connectivity index (χ1) is 13.5. The van der Waals surface area contributed by atoms with Crippen LogP contribution in [0.4, 0.5) is 9.52 Å². The highest BCUT2D eigenvalue weighted by Crippen LogP contribution is 2.38. The zero-order valence-electron chi connectivity index (χ0n) is 15.2. The maximum absolute atomic E-state index is 13.0. The SMILES string of the molecule is O=C(CCN1C(=O)C2CCCCC2C1=O)Nc1nc(-c2ccc(F)cc2)cs1. The number of hydrogen-bond acceptors (Lipinski definition) is 5. The molecule has 6 nitrogen and oxygen atoms in total.